The normalized spacial score (nSPS) is 9.94. The summed E-state index contributed by atoms with van der Waals surface area (Å²) in [4.78, 5) is 27.6. The van der Waals surface area contributed by atoms with E-state index in [9.17, 15) is 9.59 Å². The fraction of sp³-hybridized carbons (Fsp3) is 0.300. The van der Waals surface area contributed by atoms with Crippen LogP contribution in [-0.2, 0) is 4.79 Å². The zero-order valence-electron chi connectivity index (χ0n) is 9.51. The first-order chi connectivity index (χ1) is 7.95. The van der Waals surface area contributed by atoms with Crippen molar-refractivity contribution >= 4 is 23.3 Å². The average Bonchev–Trinajstić information content (AvgIpc) is 2.26. The zero-order chi connectivity index (χ0) is 13.0. The number of aromatic nitrogens is 1. The van der Waals surface area contributed by atoms with Crippen LogP contribution in [0.25, 0.3) is 0 Å². The number of hydrogen-bond donors (Lipinski definition) is 3. The summed E-state index contributed by atoms with van der Waals surface area (Å²) in [5.41, 5.74) is 16.2. The zero-order valence-corrected chi connectivity index (χ0v) is 9.51. The molecule has 2 amide bonds. The van der Waals surface area contributed by atoms with E-state index in [0.29, 0.717) is 12.4 Å². The maximum atomic E-state index is 11.1. The maximum absolute atomic E-state index is 11.1. The molecule has 0 aromatic carbocycles. The van der Waals surface area contributed by atoms with Crippen LogP contribution in [0.5, 0.6) is 0 Å². The maximum Gasteiger partial charge on any atom is 0.250 e. The third kappa shape index (κ3) is 3.07. The average molecular weight is 237 g/mol. The van der Waals surface area contributed by atoms with E-state index in [0.717, 1.165) is 0 Å². The number of pyridine rings is 1. The Morgan fingerprint density at radius 2 is 2.06 bits per heavy atom. The number of carbonyl (C=O) groups is 2. The van der Waals surface area contributed by atoms with E-state index in [1.54, 1.807) is 4.90 Å². The number of anilines is 2. The van der Waals surface area contributed by atoms with Gasteiger partial charge in [0, 0.05) is 6.54 Å². The molecule has 17 heavy (non-hydrogen) atoms. The van der Waals surface area contributed by atoms with Crippen molar-refractivity contribution in [3.05, 3.63) is 17.8 Å². The Morgan fingerprint density at radius 1 is 1.41 bits per heavy atom. The van der Waals surface area contributed by atoms with Gasteiger partial charge in [-0.05, 0) is 13.0 Å². The van der Waals surface area contributed by atoms with Crippen LogP contribution in [0.4, 0.5) is 11.5 Å². The van der Waals surface area contributed by atoms with Crippen LogP contribution in [-0.4, -0.2) is 29.9 Å². The van der Waals surface area contributed by atoms with Gasteiger partial charge in [-0.2, -0.15) is 0 Å². The quantitative estimate of drug-likeness (QED) is 0.609. The first-order valence-electron chi connectivity index (χ1n) is 5.04. The van der Waals surface area contributed by atoms with Gasteiger partial charge in [-0.15, -0.1) is 0 Å². The summed E-state index contributed by atoms with van der Waals surface area (Å²) in [6, 6.07) is 1.45. The van der Waals surface area contributed by atoms with E-state index in [2.05, 4.69) is 4.98 Å². The number of nitrogens with zero attached hydrogens (tertiary/aromatic N) is 2. The number of likely N-dealkylation sites (N-methyl/N-ethyl adjacent to an activating group) is 1. The molecular formula is C10H15N5O2. The highest BCUT2D eigenvalue weighted by atomic mass is 16.1. The van der Waals surface area contributed by atoms with Crippen molar-refractivity contribution in [3.63, 3.8) is 0 Å². The molecule has 0 spiro atoms. The number of amides is 2. The van der Waals surface area contributed by atoms with Gasteiger partial charge in [0.15, 0.2) is 0 Å². The number of primary amides is 2. The van der Waals surface area contributed by atoms with Crippen LogP contribution in [0.2, 0.25) is 0 Å². The Balaban J connectivity index is 3.08. The third-order valence-corrected chi connectivity index (χ3v) is 2.24. The molecular weight excluding hydrogens is 222 g/mol. The van der Waals surface area contributed by atoms with E-state index in [4.69, 9.17) is 17.2 Å². The SMILES string of the molecule is CCN(CC(N)=O)c1cc(C(N)=O)c(N)cn1. The molecule has 0 aliphatic rings. The van der Waals surface area contributed by atoms with Crippen LogP contribution in [0, 0.1) is 0 Å². The van der Waals surface area contributed by atoms with Crippen LogP contribution < -0.4 is 22.1 Å². The second-order valence-corrected chi connectivity index (χ2v) is 3.47. The van der Waals surface area contributed by atoms with E-state index in [1.807, 2.05) is 6.92 Å². The van der Waals surface area contributed by atoms with Crippen molar-refractivity contribution in [2.45, 2.75) is 6.92 Å². The number of nitrogen functional groups attached to an aromatic ring is 1. The predicted octanol–water partition coefficient (Wildman–Crippen LogP) is -0.926. The van der Waals surface area contributed by atoms with Gasteiger partial charge in [-0.25, -0.2) is 4.98 Å². The van der Waals surface area contributed by atoms with E-state index < -0.39 is 11.8 Å². The highest BCUT2D eigenvalue weighted by Crippen LogP contribution is 2.17. The molecule has 6 N–H and O–H groups in total. The number of hydrogen-bond acceptors (Lipinski definition) is 5. The van der Waals surface area contributed by atoms with Crippen molar-refractivity contribution in [3.8, 4) is 0 Å². The van der Waals surface area contributed by atoms with Gasteiger partial charge >= 0.3 is 0 Å². The summed E-state index contributed by atoms with van der Waals surface area (Å²) < 4.78 is 0. The smallest absolute Gasteiger partial charge is 0.250 e. The Kier molecular flexibility index (Phi) is 3.86. The third-order valence-electron chi connectivity index (χ3n) is 2.24. The molecule has 0 fully saturated rings. The molecule has 92 valence electrons. The Morgan fingerprint density at radius 3 is 2.53 bits per heavy atom. The van der Waals surface area contributed by atoms with E-state index in [1.165, 1.54) is 12.3 Å². The summed E-state index contributed by atoms with van der Waals surface area (Å²) in [5, 5.41) is 0. The lowest BCUT2D eigenvalue weighted by atomic mass is 10.2. The monoisotopic (exact) mass is 237 g/mol. The van der Waals surface area contributed by atoms with Gasteiger partial charge in [0.25, 0.3) is 5.91 Å². The molecule has 0 saturated carbocycles. The molecule has 0 aliphatic heterocycles. The highest BCUT2D eigenvalue weighted by Gasteiger charge is 2.13. The minimum absolute atomic E-state index is 0.0195. The van der Waals surface area contributed by atoms with Crippen molar-refractivity contribution in [2.75, 3.05) is 23.7 Å². The van der Waals surface area contributed by atoms with Gasteiger partial charge in [-0.1, -0.05) is 0 Å². The lowest BCUT2D eigenvalue weighted by Gasteiger charge is -2.20. The lowest BCUT2D eigenvalue weighted by molar-refractivity contribution is -0.116. The van der Waals surface area contributed by atoms with Crippen LogP contribution in [0.3, 0.4) is 0 Å². The summed E-state index contributed by atoms with van der Waals surface area (Å²) >= 11 is 0. The Hall–Kier alpha value is -2.31. The van der Waals surface area contributed by atoms with E-state index >= 15 is 0 Å². The van der Waals surface area contributed by atoms with Gasteiger partial charge in [0.1, 0.15) is 5.82 Å². The molecule has 0 atom stereocenters. The minimum Gasteiger partial charge on any atom is -0.397 e. The van der Waals surface area contributed by atoms with Gasteiger partial charge < -0.3 is 22.1 Å². The second-order valence-electron chi connectivity index (χ2n) is 3.47. The van der Waals surface area contributed by atoms with Gasteiger partial charge in [-0.3, -0.25) is 9.59 Å². The summed E-state index contributed by atoms with van der Waals surface area (Å²) in [5.74, 6) is -0.679. The van der Waals surface area contributed by atoms with Crippen molar-refractivity contribution in [1.82, 2.24) is 4.98 Å². The summed E-state index contributed by atoms with van der Waals surface area (Å²) in [6.07, 6.45) is 1.33. The van der Waals surface area contributed by atoms with Crippen molar-refractivity contribution in [2.24, 2.45) is 11.5 Å². The fourth-order valence-corrected chi connectivity index (χ4v) is 1.38. The molecule has 7 heteroatoms. The molecule has 1 aromatic heterocycles. The van der Waals surface area contributed by atoms with Crippen LogP contribution in [0.1, 0.15) is 17.3 Å². The summed E-state index contributed by atoms with van der Waals surface area (Å²) in [6.45, 7) is 2.38. The minimum atomic E-state index is -0.638. The van der Waals surface area contributed by atoms with Crippen LogP contribution in [0.15, 0.2) is 12.3 Å². The van der Waals surface area contributed by atoms with Crippen LogP contribution >= 0.6 is 0 Å². The number of rotatable bonds is 5. The molecule has 0 unspecified atom stereocenters. The van der Waals surface area contributed by atoms with Crippen molar-refractivity contribution in [1.29, 1.82) is 0 Å². The molecule has 0 aliphatic carbocycles. The van der Waals surface area contributed by atoms with Crippen molar-refractivity contribution < 1.29 is 9.59 Å². The standard InChI is InChI=1S/C10H15N5O2/c1-2-15(5-8(12)16)9-3-6(10(13)17)7(11)4-14-9/h3-4H,2,5,11H2,1H3,(H2,12,16)(H2,13,17). The molecule has 1 heterocycles. The van der Waals surface area contributed by atoms with Gasteiger partial charge in [0.2, 0.25) is 5.91 Å². The van der Waals surface area contributed by atoms with E-state index in [-0.39, 0.29) is 17.8 Å². The number of carbonyl (C=O) groups excluding carboxylic acids is 2. The molecule has 7 nitrogen and oxygen atoms in total. The molecule has 0 saturated heterocycles. The Bertz CT molecular complexity index is 446. The fourth-order valence-electron chi connectivity index (χ4n) is 1.38. The highest BCUT2D eigenvalue weighted by molar-refractivity contribution is 5.98. The first kappa shape index (κ1) is 12.8. The topological polar surface area (TPSA) is 128 Å². The lowest BCUT2D eigenvalue weighted by Crippen LogP contribution is -2.34. The Labute approximate surface area is 98.6 Å². The molecule has 1 rings (SSSR count). The van der Waals surface area contributed by atoms with Gasteiger partial charge in [0.05, 0.1) is 24.0 Å². The first-order valence-corrected chi connectivity index (χ1v) is 5.04. The largest absolute Gasteiger partial charge is 0.397 e. The predicted molar refractivity (Wildman–Crippen MR) is 64.2 cm³/mol. The molecule has 1 aromatic rings. The molecule has 0 bridgehead atoms. The number of nitrogens with two attached hydrogens (primary N) is 3. The molecule has 0 radical (unpaired) electrons. The summed E-state index contributed by atoms with van der Waals surface area (Å²) in [7, 11) is 0. The second kappa shape index (κ2) is 5.15.